The van der Waals surface area contributed by atoms with Crippen LogP contribution in [0, 0.1) is 0 Å². The maximum absolute atomic E-state index is 12.4. The summed E-state index contributed by atoms with van der Waals surface area (Å²) in [5.41, 5.74) is 1.10. The van der Waals surface area contributed by atoms with Crippen LogP contribution in [-0.2, 0) is 0 Å². The van der Waals surface area contributed by atoms with E-state index in [0.717, 1.165) is 31.2 Å². The van der Waals surface area contributed by atoms with Crippen LogP contribution >= 0.6 is 0 Å². The Morgan fingerprint density at radius 1 is 1.48 bits per heavy atom. The second kappa shape index (κ2) is 7.84. The highest BCUT2D eigenvalue weighted by atomic mass is 16.3. The second-order valence-corrected chi connectivity index (χ2v) is 5.52. The number of hydrogen-bond donors (Lipinski definition) is 2. The molecule has 0 bridgehead atoms. The van der Waals surface area contributed by atoms with Crippen molar-refractivity contribution in [1.82, 2.24) is 10.2 Å². The molecule has 0 radical (unpaired) electrons. The Hall–Kier alpha value is -1.81. The van der Waals surface area contributed by atoms with Gasteiger partial charge >= 0.3 is 6.03 Å². The number of aliphatic hydroxyl groups excluding tert-OH is 1. The molecule has 21 heavy (non-hydrogen) atoms. The number of carbonyl (C=O) groups is 1. The van der Waals surface area contributed by atoms with Gasteiger partial charge in [-0.05, 0) is 31.2 Å². The first-order valence-corrected chi connectivity index (χ1v) is 7.60. The molecular formula is C17H24N2O2. The van der Waals surface area contributed by atoms with E-state index in [1.165, 1.54) is 0 Å². The van der Waals surface area contributed by atoms with Gasteiger partial charge in [-0.2, -0.15) is 0 Å². The van der Waals surface area contributed by atoms with Crippen LogP contribution in [-0.4, -0.2) is 35.2 Å². The van der Waals surface area contributed by atoms with Gasteiger partial charge in [0, 0.05) is 13.1 Å². The summed E-state index contributed by atoms with van der Waals surface area (Å²) in [6, 6.07) is 9.87. The maximum atomic E-state index is 12.4. The van der Waals surface area contributed by atoms with Crippen molar-refractivity contribution in [1.29, 1.82) is 0 Å². The molecule has 1 aliphatic heterocycles. The number of benzene rings is 1. The highest BCUT2D eigenvalue weighted by molar-refractivity contribution is 5.74. The molecule has 0 aromatic heterocycles. The van der Waals surface area contributed by atoms with Gasteiger partial charge in [-0.1, -0.05) is 36.4 Å². The van der Waals surface area contributed by atoms with Crippen LogP contribution in [0.1, 0.15) is 37.3 Å². The minimum atomic E-state index is -0.396. The van der Waals surface area contributed by atoms with E-state index in [4.69, 9.17) is 0 Å². The fourth-order valence-corrected chi connectivity index (χ4v) is 2.67. The Kier molecular flexibility index (Phi) is 5.81. The topological polar surface area (TPSA) is 52.6 Å². The Balaban J connectivity index is 2.00. The third-order valence-electron chi connectivity index (χ3n) is 3.84. The van der Waals surface area contributed by atoms with E-state index in [1.54, 1.807) is 4.90 Å². The highest BCUT2D eigenvalue weighted by Gasteiger charge is 2.24. The van der Waals surface area contributed by atoms with Gasteiger partial charge in [0.1, 0.15) is 0 Å². The van der Waals surface area contributed by atoms with E-state index in [1.807, 2.05) is 36.4 Å². The molecule has 2 atom stereocenters. The summed E-state index contributed by atoms with van der Waals surface area (Å²) in [6.45, 7) is 4.89. The number of carbonyl (C=O) groups excluding carboxylic acids is 1. The predicted octanol–water partition coefficient (Wildman–Crippen LogP) is 2.86. The first-order valence-electron chi connectivity index (χ1n) is 7.60. The molecule has 1 aromatic carbocycles. The number of nitrogens with zero attached hydrogens (tertiary/aromatic N) is 1. The molecule has 114 valence electrons. The van der Waals surface area contributed by atoms with Crippen molar-refractivity contribution in [2.75, 3.05) is 13.1 Å². The summed E-state index contributed by atoms with van der Waals surface area (Å²) in [5.74, 6) is 0. The molecular weight excluding hydrogens is 264 g/mol. The minimum absolute atomic E-state index is 0.0178. The third-order valence-corrected chi connectivity index (χ3v) is 3.84. The molecule has 0 saturated carbocycles. The second-order valence-electron chi connectivity index (χ2n) is 5.52. The van der Waals surface area contributed by atoms with Gasteiger partial charge in [-0.3, -0.25) is 0 Å². The van der Waals surface area contributed by atoms with Crippen LogP contribution in [0.3, 0.4) is 0 Å². The number of allylic oxidation sites excluding steroid dienone is 1. The van der Waals surface area contributed by atoms with Crippen molar-refractivity contribution >= 4 is 6.03 Å². The van der Waals surface area contributed by atoms with Crippen LogP contribution in [0.4, 0.5) is 4.79 Å². The van der Waals surface area contributed by atoms with Gasteiger partial charge in [-0.25, -0.2) is 4.79 Å². The van der Waals surface area contributed by atoms with Gasteiger partial charge < -0.3 is 15.3 Å². The Morgan fingerprint density at radius 2 is 2.24 bits per heavy atom. The third kappa shape index (κ3) is 4.60. The van der Waals surface area contributed by atoms with E-state index in [2.05, 4.69) is 11.9 Å². The van der Waals surface area contributed by atoms with Gasteiger partial charge in [0.15, 0.2) is 0 Å². The number of aliphatic hydroxyl groups is 1. The molecule has 1 aliphatic rings. The average molecular weight is 288 g/mol. The van der Waals surface area contributed by atoms with Crippen LogP contribution in [0.5, 0.6) is 0 Å². The first-order chi connectivity index (χ1) is 10.2. The zero-order valence-corrected chi connectivity index (χ0v) is 12.4. The SMILES string of the molecule is C=CCCC(NC(=O)N1CCCC(O)C1)c1ccccc1. The fraction of sp³-hybridized carbons (Fsp3) is 0.471. The first kappa shape index (κ1) is 15.6. The zero-order chi connectivity index (χ0) is 15.1. The molecule has 0 aliphatic carbocycles. The van der Waals surface area contributed by atoms with Crippen LogP contribution in [0.2, 0.25) is 0 Å². The monoisotopic (exact) mass is 288 g/mol. The summed E-state index contributed by atoms with van der Waals surface area (Å²) in [4.78, 5) is 14.1. The minimum Gasteiger partial charge on any atom is -0.391 e. The summed E-state index contributed by atoms with van der Waals surface area (Å²) in [6.07, 6.45) is 4.79. The normalized spacial score (nSPS) is 19.9. The van der Waals surface area contributed by atoms with E-state index in [9.17, 15) is 9.90 Å². The molecule has 4 nitrogen and oxygen atoms in total. The molecule has 1 saturated heterocycles. The van der Waals surface area contributed by atoms with Gasteiger partial charge in [0.05, 0.1) is 12.1 Å². The lowest BCUT2D eigenvalue weighted by atomic mass is 10.0. The molecule has 1 fully saturated rings. The molecule has 2 amide bonds. The zero-order valence-electron chi connectivity index (χ0n) is 12.4. The van der Waals surface area contributed by atoms with Crippen molar-refractivity contribution in [2.24, 2.45) is 0 Å². The summed E-state index contributed by atoms with van der Waals surface area (Å²) in [5, 5.41) is 12.8. The van der Waals surface area contributed by atoms with Crippen molar-refractivity contribution in [3.8, 4) is 0 Å². The molecule has 1 aromatic rings. The molecule has 2 rings (SSSR count). The number of hydrogen-bond acceptors (Lipinski definition) is 2. The summed E-state index contributed by atoms with van der Waals surface area (Å²) in [7, 11) is 0. The Morgan fingerprint density at radius 3 is 2.90 bits per heavy atom. The number of β-amino-alcohol motifs (C(OH)–C–C–N with tert-alkyl or cyclic N) is 1. The number of likely N-dealkylation sites (tertiary alicyclic amines) is 1. The Labute approximate surface area is 126 Å². The number of rotatable bonds is 5. The number of piperidine rings is 1. The summed E-state index contributed by atoms with van der Waals surface area (Å²) < 4.78 is 0. The standard InChI is InChI=1S/C17H24N2O2/c1-2-3-11-16(14-8-5-4-6-9-14)18-17(21)19-12-7-10-15(20)13-19/h2,4-6,8-9,15-16,20H,1,3,7,10-13H2,(H,18,21). The smallest absolute Gasteiger partial charge is 0.317 e. The van der Waals surface area contributed by atoms with E-state index >= 15 is 0 Å². The largest absolute Gasteiger partial charge is 0.391 e. The van der Waals surface area contributed by atoms with Crippen LogP contribution < -0.4 is 5.32 Å². The van der Waals surface area contributed by atoms with Crippen LogP contribution in [0.15, 0.2) is 43.0 Å². The van der Waals surface area contributed by atoms with Gasteiger partial charge in [0.2, 0.25) is 0 Å². The molecule has 2 N–H and O–H groups in total. The quantitative estimate of drug-likeness (QED) is 0.819. The van der Waals surface area contributed by atoms with E-state index in [-0.39, 0.29) is 12.1 Å². The van der Waals surface area contributed by atoms with Crippen molar-refractivity contribution in [3.63, 3.8) is 0 Å². The van der Waals surface area contributed by atoms with Gasteiger partial charge in [0.25, 0.3) is 0 Å². The number of urea groups is 1. The molecule has 2 unspecified atom stereocenters. The number of amides is 2. The predicted molar refractivity (Wildman–Crippen MR) is 84.0 cm³/mol. The van der Waals surface area contributed by atoms with Crippen molar-refractivity contribution in [3.05, 3.63) is 48.6 Å². The van der Waals surface area contributed by atoms with E-state index in [0.29, 0.717) is 13.1 Å². The van der Waals surface area contributed by atoms with Crippen molar-refractivity contribution in [2.45, 2.75) is 37.8 Å². The molecule has 1 heterocycles. The molecule has 4 heteroatoms. The lowest BCUT2D eigenvalue weighted by Crippen LogP contribution is -2.48. The molecule has 0 spiro atoms. The fourth-order valence-electron chi connectivity index (χ4n) is 2.67. The highest BCUT2D eigenvalue weighted by Crippen LogP contribution is 2.19. The lowest BCUT2D eigenvalue weighted by Gasteiger charge is -2.32. The van der Waals surface area contributed by atoms with E-state index < -0.39 is 6.10 Å². The lowest BCUT2D eigenvalue weighted by molar-refractivity contribution is 0.0832. The van der Waals surface area contributed by atoms with Crippen LogP contribution in [0.25, 0.3) is 0 Å². The average Bonchev–Trinajstić information content (AvgIpc) is 2.52. The summed E-state index contributed by atoms with van der Waals surface area (Å²) >= 11 is 0. The number of nitrogens with one attached hydrogen (secondary N) is 1. The Bertz CT molecular complexity index is 461. The maximum Gasteiger partial charge on any atom is 0.317 e. The van der Waals surface area contributed by atoms with Gasteiger partial charge in [-0.15, -0.1) is 6.58 Å². The van der Waals surface area contributed by atoms with Crippen molar-refractivity contribution < 1.29 is 9.90 Å².